The van der Waals surface area contributed by atoms with Crippen LogP contribution in [0.2, 0.25) is 0 Å². The number of hydrogen-bond acceptors (Lipinski definition) is 4. The summed E-state index contributed by atoms with van der Waals surface area (Å²) >= 11 is 0. The highest BCUT2D eigenvalue weighted by molar-refractivity contribution is 6.09. The molecular formula is C20H23N5O. The monoisotopic (exact) mass is 349 g/mol. The standard InChI is InChI=1S/C20H23N5O/c1-14(2)13-25-19-15(12-22-25)10-16(11-21-19)20(26)24-9-8-23(3)17-6-4-5-7-18(17)24/h4-7,10-12,14H,8-9,13H2,1-3H3. The van der Waals surface area contributed by atoms with Crippen LogP contribution in [0.4, 0.5) is 11.4 Å². The van der Waals surface area contributed by atoms with Gasteiger partial charge in [0, 0.05) is 38.3 Å². The number of fused-ring (bicyclic) bond motifs is 2. The Hall–Kier alpha value is -2.89. The van der Waals surface area contributed by atoms with Crippen molar-refractivity contribution in [1.29, 1.82) is 0 Å². The third kappa shape index (κ3) is 2.81. The van der Waals surface area contributed by atoms with E-state index in [9.17, 15) is 4.79 Å². The van der Waals surface area contributed by atoms with Crippen LogP contribution in [0.25, 0.3) is 11.0 Å². The molecule has 3 heterocycles. The first-order valence-electron chi connectivity index (χ1n) is 8.98. The van der Waals surface area contributed by atoms with E-state index in [-0.39, 0.29) is 5.91 Å². The fourth-order valence-corrected chi connectivity index (χ4v) is 3.44. The molecule has 3 aromatic rings. The topological polar surface area (TPSA) is 54.3 Å². The van der Waals surface area contributed by atoms with Crippen LogP contribution in [0, 0.1) is 5.92 Å². The Labute approximate surface area is 153 Å². The van der Waals surface area contributed by atoms with Crippen molar-refractivity contribution in [3.63, 3.8) is 0 Å². The van der Waals surface area contributed by atoms with E-state index in [2.05, 4.69) is 35.9 Å². The molecule has 0 saturated heterocycles. The van der Waals surface area contributed by atoms with Crippen LogP contribution in [-0.2, 0) is 6.54 Å². The maximum atomic E-state index is 13.1. The van der Waals surface area contributed by atoms with Gasteiger partial charge in [-0.2, -0.15) is 5.10 Å². The van der Waals surface area contributed by atoms with Crippen LogP contribution in [0.1, 0.15) is 24.2 Å². The highest BCUT2D eigenvalue weighted by Gasteiger charge is 2.26. The average Bonchev–Trinajstić information content (AvgIpc) is 3.03. The molecule has 0 bridgehead atoms. The van der Waals surface area contributed by atoms with E-state index in [1.54, 1.807) is 12.4 Å². The fourth-order valence-electron chi connectivity index (χ4n) is 3.44. The molecule has 0 N–H and O–H groups in total. The predicted molar refractivity (Wildman–Crippen MR) is 104 cm³/mol. The lowest BCUT2D eigenvalue weighted by Gasteiger charge is -2.35. The number of likely N-dealkylation sites (N-methyl/N-ethyl adjacent to an activating group) is 1. The van der Waals surface area contributed by atoms with Gasteiger partial charge >= 0.3 is 0 Å². The Morgan fingerprint density at radius 3 is 2.69 bits per heavy atom. The van der Waals surface area contributed by atoms with Gasteiger partial charge in [0.2, 0.25) is 0 Å². The fraction of sp³-hybridized carbons (Fsp3) is 0.350. The molecule has 0 radical (unpaired) electrons. The zero-order valence-corrected chi connectivity index (χ0v) is 15.4. The van der Waals surface area contributed by atoms with Crippen molar-refractivity contribution in [1.82, 2.24) is 14.8 Å². The van der Waals surface area contributed by atoms with Crippen LogP contribution in [0.5, 0.6) is 0 Å². The van der Waals surface area contributed by atoms with Gasteiger partial charge in [-0.3, -0.25) is 4.79 Å². The number of carbonyl (C=O) groups excluding carboxylic acids is 1. The molecule has 0 spiro atoms. The molecule has 134 valence electrons. The van der Waals surface area contributed by atoms with Gasteiger partial charge in [-0.25, -0.2) is 9.67 Å². The molecule has 26 heavy (non-hydrogen) atoms. The second-order valence-electron chi connectivity index (χ2n) is 7.22. The predicted octanol–water partition coefficient (Wildman–Crippen LogP) is 3.18. The number of para-hydroxylation sites is 2. The molecule has 6 nitrogen and oxygen atoms in total. The first-order chi connectivity index (χ1) is 12.5. The SMILES string of the molecule is CC(C)Cn1ncc2cc(C(=O)N3CCN(C)c4ccccc43)cnc21. The number of anilines is 2. The highest BCUT2D eigenvalue weighted by Crippen LogP contribution is 2.32. The van der Waals surface area contributed by atoms with Crippen LogP contribution < -0.4 is 9.80 Å². The number of nitrogens with zero attached hydrogens (tertiary/aromatic N) is 5. The molecule has 1 aliphatic rings. The van der Waals surface area contributed by atoms with Crippen molar-refractivity contribution in [3.05, 3.63) is 48.3 Å². The Kier molecular flexibility index (Phi) is 4.11. The number of benzene rings is 1. The Morgan fingerprint density at radius 2 is 1.92 bits per heavy atom. The smallest absolute Gasteiger partial charge is 0.259 e. The number of carbonyl (C=O) groups is 1. The minimum atomic E-state index is -0.0171. The quantitative estimate of drug-likeness (QED) is 0.729. The Morgan fingerprint density at radius 1 is 1.15 bits per heavy atom. The normalized spacial score (nSPS) is 14.2. The van der Waals surface area contributed by atoms with E-state index in [0.29, 0.717) is 18.0 Å². The first kappa shape index (κ1) is 16.6. The van der Waals surface area contributed by atoms with E-state index >= 15 is 0 Å². The molecule has 2 aromatic heterocycles. The second kappa shape index (κ2) is 6.44. The van der Waals surface area contributed by atoms with Crippen LogP contribution in [-0.4, -0.2) is 40.8 Å². The third-order valence-corrected chi connectivity index (χ3v) is 4.75. The van der Waals surface area contributed by atoms with Crippen molar-refractivity contribution in [2.45, 2.75) is 20.4 Å². The number of rotatable bonds is 3. The minimum Gasteiger partial charge on any atom is -0.371 e. The van der Waals surface area contributed by atoms with Crippen molar-refractivity contribution < 1.29 is 4.79 Å². The molecule has 0 unspecified atom stereocenters. The summed E-state index contributed by atoms with van der Waals surface area (Å²) in [6.07, 6.45) is 3.46. The molecule has 0 aliphatic carbocycles. The minimum absolute atomic E-state index is 0.0171. The molecule has 6 heteroatoms. The van der Waals surface area contributed by atoms with E-state index in [0.717, 1.165) is 35.5 Å². The zero-order valence-electron chi connectivity index (χ0n) is 15.4. The van der Waals surface area contributed by atoms with E-state index in [4.69, 9.17) is 0 Å². The van der Waals surface area contributed by atoms with E-state index in [1.165, 1.54) is 0 Å². The van der Waals surface area contributed by atoms with Crippen LogP contribution >= 0.6 is 0 Å². The Bertz CT molecular complexity index is 962. The van der Waals surface area contributed by atoms with Gasteiger partial charge in [-0.05, 0) is 24.1 Å². The summed E-state index contributed by atoms with van der Waals surface area (Å²) in [6, 6.07) is 9.91. The summed E-state index contributed by atoms with van der Waals surface area (Å²) in [5.74, 6) is 0.472. The molecule has 4 rings (SSSR count). The summed E-state index contributed by atoms with van der Waals surface area (Å²) in [7, 11) is 2.05. The van der Waals surface area contributed by atoms with Gasteiger partial charge in [0.1, 0.15) is 0 Å². The molecular weight excluding hydrogens is 326 g/mol. The van der Waals surface area contributed by atoms with Crippen molar-refractivity contribution in [2.24, 2.45) is 5.92 Å². The van der Waals surface area contributed by atoms with Crippen molar-refractivity contribution >= 4 is 28.3 Å². The maximum Gasteiger partial charge on any atom is 0.259 e. The largest absolute Gasteiger partial charge is 0.371 e. The van der Waals surface area contributed by atoms with Crippen LogP contribution in [0.3, 0.4) is 0 Å². The zero-order chi connectivity index (χ0) is 18.3. The van der Waals surface area contributed by atoms with Crippen molar-refractivity contribution in [3.8, 4) is 0 Å². The molecule has 1 amide bonds. The number of amides is 1. The van der Waals surface area contributed by atoms with Gasteiger partial charge in [0.15, 0.2) is 5.65 Å². The molecule has 1 aromatic carbocycles. The summed E-state index contributed by atoms with van der Waals surface area (Å²) < 4.78 is 1.90. The van der Waals surface area contributed by atoms with E-state index < -0.39 is 0 Å². The summed E-state index contributed by atoms with van der Waals surface area (Å²) in [5, 5.41) is 5.32. The molecule has 0 fully saturated rings. The van der Waals surface area contributed by atoms with Gasteiger partial charge in [0.25, 0.3) is 5.91 Å². The highest BCUT2D eigenvalue weighted by atomic mass is 16.2. The van der Waals surface area contributed by atoms with E-state index in [1.807, 2.05) is 39.9 Å². The lowest BCUT2D eigenvalue weighted by atomic mass is 10.1. The summed E-state index contributed by atoms with van der Waals surface area (Å²) in [4.78, 5) is 21.7. The number of aromatic nitrogens is 3. The first-order valence-corrected chi connectivity index (χ1v) is 8.98. The molecule has 0 atom stereocenters. The summed E-state index contributed by atoms with van der Waals surface area (Å²) in [6.45, 7) is 6.59. The van der Waals surface area contributed by atoms with Crippen LogP contribution in [0.15, 0.2) is 42.7 Å². The lowest BCUT2D eigenvalue weighted by molar-refractivity contribution is 0.0986. The maximum absolute atomic E-state index is 13.1. The Balaban J connectivity index is 1.68. The average molecular weight is 349 g/mol. The molecule has 0 saturated carbocycles. The van der Waals surface area contributed by atoms with Gasteiger partial charge in [0.05, 0.1) is 23.1 Å². The van der Waals surface area contributed by atoms with Crippen molar-refractivity contribution in [2.75, 3.05) is 29.9 Å². The second-order valence-corrected chi connectivity index (χ2v) is 7.22. The van der Waals surface area contributed by atoms with Gasteiger partial charge in [-0.1, -0.05) is 26.0 Å². The molecule has 1 aliphatic heterocycles. The van der Waals surface area contributed by atoms with Gasteiger partial charge in [-0.15, -0.1) is 0 Å². The lowest BCUT2D eigenvalue weighted by Crippen LogP contribution is -2.42. The van der Waals surface area contributed by atoms with Gasteiger partial charge < -0.3 is 9.80 Å². The number of pyridine rings is 1. The third-order valence-electron chi connectivity index (χ3n) is 4.75. The number of hydrogen-bond donors (Lipinski definition) is 0. The summed E-state index contributed by atoms with van der Waals surface area (Å²) in [5.41, 5.74) is 3.45.